The standard InChI is InChI=1S/C23H15Cl2N3O5/c24-17-10-9-15(12-18(17)25)26-22(29)19-20(13-5-4-8-16(11-13)28(31)32)27(33-21(19)23(26)30)14-6-2-1-3-7-14/h1-12,19-21H/t19-,20-,21-/m1/s1. The van der Waals surface area contributed by atoms with Crippen LogP contribution in [0.4, 0.5) is 17.1 Å². The topological polar surface area (TPSA) is 93.0 Å². The molecule has 0 radical (unpaired) electrons. The molecule has 0 saturated carbocycles. The molecule has 33 heavy (non-hydrogen) atoms. The number of hydrogen-bond donors (Lipinski definition) is 0. The number of para-hydroxylation sites is 1. The minimum Gasteiger partial charge on any atom is -0.273 e. The van der Waals surface area contributed by atoms with E-state index in [1.165, 1.54) is 35.4 Å². The second-order valence-corrected chi connectivity index (χ2v) is 8.43. The van der Waals surface area contributed by atoms with Crippen LogP contribution in [0.5, 0.6) is 0 Å². The second-order valence-electron chi connectivity index (χ2n) is 7.62. The van der Waals surface area contributed by atoms with Crippen LogP contribution >= 0.6 is 23.2 Å². The van der Waals surface area contributed by atoms with Crippen molar-refractivity contribution in [2.75, 3.05) is 9.96 Å². The van der Waals surface area contributed by atoms with Crippen molar-refractivity contribution in [3.8, 4) is 0 Å². The van der Waals surface area contributed by atoms with Gasteiger partial charge in [-0.3, -0.25) is 24.5 Å². The predicted octanol–water partition coefficient (Wildman–Crippen LogP) is 4.95. The summed E-state index contributed by atoms with van der Waals surface area (Å²) in [7, 11) is 0. The number of carbonyl (C=O) groups is 2. The van der Waals surface area contributed by atoms with Crippen LogP contribution in [-0.2, 0) is 14.4 Å². The Balaban J connectivity index is 1.60. The molecule has 2 heterocycles. The summed E-state index contributed by atoms with van der Waals surface area (Å²) in [5.74, 6) is -1.95. The van der Waals surface area contributed by atoms with E-state index in [1.807, 2.05) is 6.07 Å². The van der Waals surface area contributed by atoms with E-state index in [-0.39, 0.29) is 16.4 Å². The quantitative estimate of drug-likeness (QED) is 0.296. The average molecular weight is 484 g/mol. The fourth-order valence-corrected chi connectivity index (χ4v) is 4.55. The molecule has 0 aliphatic carbocycles. The summed E-state index contributed by atoms with van der Waals surface area (Å²) in [6.45, 7) is 0. The fraction of sp³-hybridized carbons (Fsp3) is 0.130. The number of halogens is 2. The van der Waals surface area contributed by atoms with Gasteiger partial charge < -0.3 is 0 Å². The van der Waals surface area contributed by atoms with Crippen molar-refractivity contribution < 1.29 is 19.3 Å². The molecule has 8 nitrogen and oxygen atoms in total. The van der Waals surface area contributed by atoms with Crippen molar-refractivity contribution in [1.29, 1.82) is 0 Å². The lowest BCUT2D eigenvalue weighted by Crippen LogP contribution is -2.37. The Bertz CT molecular complexity index is 1290. The van der Waals surface area contributed by atoms with Crippen LogP contribution < -0.4 is 9.96 Å². The van der Waals surface area contributed by atoms with Crippen LogP contribution in [-0.4, -0.2) is 22.8 Å². The predicted molar refractivity (Wildman–Crippen MR) is 122 cm³/mol. The number of non-ortho nitro benzene ring substituents is 1. The lowest BCUT2D eigenvalue weighted by atomic mass is 9.90. The van der Waals surface area contributed by atoms with Crippen LogP contribution in [0.1, 0.15) is 11.6 Å². The zero-order valence-electron chi connectivity index (χ0n) is 16.8. The molecule has 0 spiro atoms. The number of imide groups is 1. The number of anilines is 2. The molecule has 10 heteroatoms. The first-order chi connectivity index (χ1) is 15.9. The number of amides is 2. The molecule has 5 rings (SSSR count). The minimum absolute atomic E-state index is 0.123. The maximum absolute atomic E-state index is 13.6. The number of fused-ring (bicyclic) bond motifs is 1. The third-order valence-electron chi connectivity index (χ3n) is 5.71. The molecule has 3 atom stereocenters. The van der Waals surface area contributed by atoms with Crippen LogP contribution in [0.3, 0.4) is 0 Å². The number of nitrogens with zero attached hydrogens (tertiary/aromatic N) is 3. The van der Waals surface area contributed by atoms with E-state index in [4.69, 9.17) is 28.0 Å². The van der Waals surface area contributed by atoms with Crippen molar-refractivity contribution in [3.63, 3.8) is 0 Å². The zero-order valence-corrected chi connectivity index (χ0v) is 18.3. The third kappa shape index (κ3) is 3.52. The van der Waals surface area contributed by atoms with Crippen molar-refractivity contribution in [3.05, 3.63) is 98.5 Å². The Hall–Kier alpha value is -3.46. The molecular weight excluding hydrogens is 469 g/mol. The van der Waals surface area contributed by atoms with Gasteiger partial charge in [-0.25, -0.2) is 9.96 Å². The van der Waals surface area contributed by atoms with Gasteiger partial charge in [-0.15, -0.1) is 0 Å². The first-order valence-electron chi connectivity index (χ1n) is 9.95. The molecule has 0 bridgehead atoms. The summed E-state index contributed by atoms with van der Waals surface area (Å²) in [6.07, 6.45) is -1.10. The summed E-state index contributed by atoms with van der Waals surface area (Å²) >= 11 is 12.1. The molecule has 0 unspecified atom stereocenters. The number of benzene rings is 3. The molecule has 2 saturated heterocycles. The molecule has 0 N–H and O–H groups in total. The van der Waals surface area contributed by atoms with Crippen LogP contribution in [0, 0.1) is 16.0 Å². The highest BCUT2D eigenvalue weighted by atomic mass is 35.5. The number of carbonyl (C=O) groups excluding carboxylic acids is 2. The molecule has 0 aromatic heterocycles. The van der Waals surface area contributed by atoms with Gasteiger partial charge in [0.1, 0.15) is 5.92 Å². The number of hydrogen-bond acceptors (Lipinski definition) is 6. The number of nitro benzene ring substituents is 1. The summed E-state index contributed by atoms with van der Waals surface area (Å²) < 4.78 is 0. The molecule has 3 aromatic rings. The van der Waals surface area contributed by atoms with E-state index < -0.39 is 34.8 Å². The van der Waals surface area contributed by atoms with Gasteiger partial charge in [0.25, 0.3) is 11.6 Å². The highest BCUT2D eigenvalue weighted by Gasteiger charge is 2.60. The molecule has 2 fully saturated rings. The first-order valence-corrected chi connectivity index (χ1v) is 10.7. The minimum atomic E-state index is -1.10. The maximum Gasteiger partial charge on any atom is 0.269 e. The summed E-state index contributed by atoms with van der Waals surface area (Å²) in [5.41, 5.74) is 1.26. The van der Waals surface area contributed by atoms with Gasteiger partial charge in [-0.2, -0.15) is 0 Å². The summed E-state index contributed by atoms with van der Waals surface area (Å²) in [5, 5.41) is 13.3. The van der Waals surface area contributed by atoms with Gasteiger partial charge in [0.15, 0.2) is 6.10 Å². The van der Waals surface area contributed by atoms with Gasteiger partial charge in [0, 0.05) is 12.1 Å². The summed E-state index contributed by atoms with van der Waals surface area (Å²) in [4.78, 5) is 44.8. The maximum atomic E-state index is 13.6. The van der Waals surface area contributed by atoms with Gasteiger partial charge in [-0.05, 0) is 35.9 Å². The van der Waals surface area contributed by atoms with Crippen molar-refractivity contribution >= 4 is 52.1 Å². The van der Waals surface area contributed by atoms with Crippen LogP contribution in [0.2, 0.25) is 10.0 Å². The second kappa shape index (κ2) is 8.15. The van der Waals surface area contributed by atoms with Gasteiger partial charge in [0.05, 0.1) is 32.4 Å². The van der Waals surface area contributed by atoms with Crippen molar-refractivity contribution in [2.45, 2.75) is 12.1 Å². The Kier molecular flexibility index (Phi) is 5.28. The highest BCUT2D eigenvalue weighted by molar-refractivity contribution is 6.42. The molecule has 2 amide bonds. The molecular formula is C23H15Cl2N3O5. The Labute approximate surface area is 198 Å². The molecule has 2 aliphatic heterocycles. The van der Waals surface area contributed by atoms with Crippen LogP contribution in [0.25, 0.3) is 0 Å². The normalized spacial score (nSPS) is 22.1. The molecule has 166 valence electrons. The number of nitro groups is 1. The summed E-state index contributed by atoms with van der Waals surface area (Å²) in [6, 6.07) is 18.7. The van der Waals surface area contributed by atoms with Crippen molar-refractivity contribution in [1.82, 2.24) is 0 Å². The van der Waals surface area contributed by atoms with Crippen molar-refractivity contribution in [2.24, 2.45) is 5.92 Å². The lowest BCUT2D eigenvalue weighted by Gasteiger charge is -2.28. The van der Waals surface area contributed by atoms with E-state index in [0.29, 0.717) is 16.3 Å². The third-order valence-corrected chi connectivity index (χ3v) is 6.45. The SMILES string of the molecule is O=C1[C@@H]2[C@@H](c3cccc([N+](=O)[O-])c3)N(c3ccccc3)O[C@H]2C(=O)N1c1ccc(Cl)c(Cl)c1. The zero-order chi connectivity index (χ0) is 23.3. The van der Waals surface area contributed by atoms with Crippen LogP contribution in [0.15, 0.2) is 72.8 Å². The Morgan fingerprint density at radius 1 is 0.848 bits per heavy atom. The molecule has 2 aliphatic rings. The average Bonchev–Trinajstić information content (AvgIpc) is 3.32. The number of hydroxylamine groups is 1. The van der Waals surface area contributed by atoms with E-state index in [2.05, 4.69) is 0 Å². The van der Waals surface area contributed by atoms with Gasteiger partial charge >= 0.3 is 0 Å². The first kappa shape index (κ1) is 21.4. The smallest absolute Gasteiger partial charge is 0.269 e. The van der Waals surface area contributed by atoms with E-state index >= 15 is 0 Å². The Morgan fingerprint density at radius 3 is 2.30 bits per heavy atom. The van der Waals surface area contributed by atoms with E-state index in [0.717, 1.165) is 4.90 Å². The van der Waals surface area contributed by atoms with Gasteiger partial charge in [0.2, 0.25) is 5.91 Å². The fourth-order valence-electron chi connectivity index (χ4n) is 4.25. The van der Waals surface area contributed by atoms with E-state index in [9.17, 15) is 19.7 Å². The Morgan fingerprint density at radius 2 is 1.61 bits per heavy atom. The highest BCUT2D eigenvalue weighted by Crippen LogP contribution is 2.48. The molecule has 3 aromatic carbocycles. The van der Waals surface area contributed by atoms with E-state index in [1.54, 1.807) is 36.4 Å². The largest absolute Gasteiger partial charge is 0.273 e. The van der Waals surface area contributed by atoms with Gasteiger partial charge in [-0.1, -0.05) is 53.5 Å². The monoisotopic (exact) mass is 483 g/mol. The number of rotatable bonds is 4. The lowest BCUT2D eigenvalue weighted by molar-refractivity contribution is -0.384.